The molecule has 2 aromatic carbocycles. The van der Waals surface area contributed by atoms with Crippen molar-refractivity contribution < 1.29 is 64.2 Å². The summed E-state index contributed by atoms with van der Waals surface area (Å²) in [7, 11) is 0. The smallest absolute Gasteiger partial charge is 0.662 e. The molecule has 46 heavy (non-hydrogen) atoms. The number of hydrogen-bond acceptors (Lipinski definition) is 14. The van der Waals surface area contributed by atoms with E-state index in [9.17, 15) is 25.0 Å². The van der Waals surface area contributed by atoms with Crippen molar-refractivity contribution in [3.63, 3.8) is 0 Å². The number of nitrogens with zero attached hydrogens (tertiary/aromatic N) is 5. The molecule has 19 heteroatoms. The molecular formula is C27H28BrN6NaO9S2. The average molecular weight is 748 g/mol. The molecule has 5 rings (SSSR count). The van der Waals surface area contributed by atoms with Gasteiger partial charge >= 0.3 is 29.6 Å². The second kappa shape index (κ2) is 22.8. The van der Waals surface area contributed by atoms with Gasteiger partial charge in [-0.3, -0.25) is 34.2 Å². The van der Waals surface area contributed by atoms with Gasteiger partial charge in [0.25, 0.3) is 17.8 Å². The number of hydrogen-bond donors (Lipinski definition) is 2. The molecule has 15 nitrogen and oxygen atoms in total. The molecular weight excluding hydrogens is 719 g/mol. The molecule has 0 saturated heterocycles. The minimum absolute atomic E-state index is 0. The van der Waals surface area contributed by atoms with Gasteiger partial charge < -0.3 is 21.0 Å². The maximum atomic E-state index is 11.1. The van der Waals surface area contributed by atoms with Crippen LogP contribution in [0.5, 0.6) is 0 Å². The molecule has 0 aliphatic carbocycles. The van der Waals surface area contributed by atoms with Crippen LogP contribution in [0.3, 0.4) is 0 Å². The number of alkyl halides is 1. The number of aryl methyl sites for hydroxylation is 2. The molecule has 5 aromatic rings. The number of nitro groups is 2. The number of imidazole rings is 1. The number of aromatic nitrogens is 3. The molecule has 3 N–H and O–H groups in total. The minimum Gasteiger partial charge on any atom is -0.662 e. The van der Waals surface area contributed by atoms with Crippen LogP contribution in [0.15, 0.2) is 65.5 Å². The average Bonchev–Trinajstić information content (AvgIpc) is 3.74. The van der Waals surface area contributed by atoms with Crippen LogP contribution in [-0.2, 0) is 9.68 Å². The van der Waals surface area contributed by atoms with Gasteiger partial charge in [-0.2, -0.15) is 0 Å². The summed E-state index contributed by atoms with van der Waals surface area (Å²) >= 11 is 6.07. The summed E-state index contributed by atoms with van der Waals surface area (Å²) in [5.74, 6) is -0.0881. The van der Waals surface area contributed by atoms with Gasteiger partial charge in [0.15, 0.2) is 15.9 Å². The number of thiazole rings is 2. The Morgan fingerprint density at radius 3 is 1.87 bits per heavy atom. The van der Waals surface area contributed by atoms with Crippen molar-refractivity contribution in [2.75, 3.05) is 17.7 Å². The molecule has 0 unspecified atom stereocenters. The van der Waals surface area contributed by atoms with E-state index in [-0.39, 0.29) is 65.1 Å². The van der Waals surface area contributed by atoms with Gasteiger partial charge in [0.1, 0.15) is 0 Å². The second-order valence-electron chi connectivity index (χ2n) is 8.16. The van der Waals surface area contributed by atoms with Crippen LogP contribution in [0.2, 0.25) is 0 Å². The first kappa shape index (κ1) is 42.4. The van der Waals surface area contributed by atoms with Crippen molar-refractivity contribution in [2.45, 2.75) is 20.8 Å². The Labute approximate surface area is 301 Å². The quantitative estimate of drug-likeness (QED) is 0.0483. The summed E-state index contributed by atoms with van der Waals surface area (Å²) in [4.78, 5) is 51.6. The van der Waals surface area contributed by atoms with E-state index in [1.807, 2.05) is 35.2 Å². The van der Waals surface area contributed by atoms with Crippen molar-refractivity contribution in [1.82, 2.24) is 14.4 Å². The summed E-state index contributed by atoms with van der Waals surface area (Å²) in [6.07, 6.45) is 1.95. The number of Topliss-reactive ketones (excluding diaryl/α,β-unsaturated/α-hetero) is 1. The van der Waals surface area contributed by atoms with Crippen LogP contribution < -0.4 is 40.5 Å². The molecule has 0 fully saturated rings. The zero-order chi connectivity index (χ0) is 33.9. The summed E-state index contributed by atoms with van der Waals surface area (Å²) in [6, 6.07) is 12.0. The number of benzene rings is 2. The standard InChI is InChI=1S/C12H9N3O2S.C8H6BrNO3.C4H6N2S.C2H6O.CH2O3.Na/c1-8-7-18-12-13-11(6-14(8)12)9-2-4-10(5-3-9)15(16)17;9-5-8(11)6-1-3-7(4-2-6)10(12)13;1-3-2-7-4(5)6-3;1-2-3;2-1-4-3;/h2-7H,1H3;1-4H,5H2;2H,1H3,(H2,5,6);3H,2H2,1H3;1,3H;/q;;;;;+1/p-1. The van der Waals surface area contributed by atoms with E-state index in [0.29, 0.717) is 10.7 Å². The number of nitrogens with two attached hydrogens (primary N) is 1. The van der Waals surface area contributed by atoms with Crippen LogP contribution in [0.1, 0.15) is 28.7 Å². The Morgan fingerprint density at radius 2 is 1.52 bits per heavy atom. The first-order valence-corrected chi connectivity index (χ1v) is 15.3. The van der Waals surface area contributed by atoms with Crippen molar-refractivity contribution in [3.8, 4) is 11.3 Å². The largest absolute Gasteiger partial charge is 1.00 e. The number of ketones is 1. The molecule has 0 spiro atoms. The summed E-state index contributed by atoms with van der Waals surface area (Å²) in [5, 5.41) is 41.7. The third-order valence-corrected chi connectivity index (χ3v) is 7.22. The fourth-order valence-corrected chi connectivity index (χ4v) is 4.72. The number of aliphatic hydroxyl groups excluding tert-OH is 1. The number of halogens is 1. The zero-order valence-electron chi connectivity index (χ0n) is 25.1. The van der Waals surface area contributed by atoms with Gasteiger partial charge in [-0.05, 0) is 45.0 Å². The SMILES string of the molecule is CCO.Cc1csc(N)n1.Cc1csc2nc(-c3ccc([N+](=O)[O-])cc3)cn12.O=C(CBr)c1ccc([N+](=O)[O-])cc1.O=CO[O-].[Na+]. The van der Waals surface area contributed by atoms with Gasteiger partial charge in [0.05, 0.1) is 26.6 Å². The maximum Gasteiger partial charge on any atom is 1.00 e. The number of nitro benzene ring substituents is 2. The molecule has 0 amide bonds. The molecule has 0 aliphatic rings. The van der Waals surface area contributed by atoms with E-state index >= 15 is 0 Å². The molecule has 0 saturated carbocycles. The number of aliphatic hydroxyl groups is 1. The third kappa shape index (κ3) is 14.6. The summed E-state index contributed by atoms with van der Waals surface area (Å²) in [6.45, 7) is 5.69. The number of fused-ring (bicyclic) bond motifs is 1. The van der Waals surface area contributed by atoms with E-state index in [1.165, 1.54) is 47.7 Å². The summed E-state index contributed by atoms with van der Waals surface area (Å²) in [5.41, 5.74) is 9.70. The van der Waals surface area contributed by atoms with Crippen molar-refractivity contribution >= 4 is 72.3 Å². The third-order valence-electron chi connectivity index (χ3n) is 4.96. The Bertz CT molecular complexity index is 1650. The monoisotopic (exact) mass is 746 g/mol. The number of anilines is 1. The number of carbonyl (C=O) groups excluding carboxylic acids is 2. The first-order chi connectivity index (χ1) is 21.4. The Morgan fingerprint density at radius 1 is 1.02 bits per heavy atom. The minimum atomic E-state index is -0.498. The number of nitrogen functional groups attached to an aromatic ring is 1. The zero-order valence-corrected chi connectivity index (χ0v) is 30.3. The Kier molecular flexibility index (Phi) is 21.0. The molecule has 0 aliphatic heterocycles. The van der Waals surface area contributed by atoms with E-state index < -0.39 is 9.85 Å². The fourth-order valence-electron chi connectivity index (χ4n) is 3.01. The van der Waals surface area contributed by atoms with Gasteiger partial charge in [-0.15, -0.1) is 22.7 Å². The Hall–Kier alpha value is -3.62. The molecule has 240 valence electrons. The normalized spacial score (nSPS) is 9.26. The summed E-state index contributed by atoms with van der Waals surface area (Å²) < 4.78 is 2.02. The van der Waals surface area contributed by atoms with Gasteiger partial charge in [0, 0.05) is 64.7 Å². The number of carbonyl (C=O) groups is 2. The van der Waals surface area contributed by atoms with Crippen LogP contribution in [-0.4, -0.2) is 53.5 Å². The van der Waals surface area contributed by atoms with Gasteiger partial charge in [-0.1, -0.05) is 15.9 Å². The Balaban J connectivity index is 0.000000633. The van der Waals surface area contributed by atoms with Gasteiger partial charge in [-0.25, -0.2) is 9.97 Å². The van der Waals surface area contributed by atoms with Gasteiger partial charge in [0.2, 0.25) is 0 Å². The van der Waals surface area contributed by atoms with Crippen LogP contribution in [0, 0.1) is 34.1 Å². The van der Waals surface area contributed by atoms with Crippen molar-refractivity contribution in [1.29, 1.82) is 0 Å². The van der Waals surface area contributed by atoms with Crippen LogP contribution in [0.25, 0.3) is 16.2 Å². The van der Waals surface area contributed by atoms with E-state index in [4.69, 9.17) is 20.9 Å². The van der Waals surface area contributed by atoms with Crippen molar-refractivity contribution in [3.05, 3.63) is 103 Å². The molecule has 0 bridgehead atoms. The predicted octanol–water partition coefficient (Wildman–Crippen LogP) is 1.92. The van der Waals surface area contributed by atoms with Crippen LogP contribution >= 0.6 is 38.6 Å². The van der Waals surface area contributed by atoms with E-state index in [1.54, 1.807) is 30.4 Å². The first-order valence-electron chi connectivity index (χ1n) is 12.4. The molecule has 0 radical (unpaired) electrons. The maximum absolute atomic E-state index is 11.1. The van der Waals surface area contributed by atoms with Crippen LogP contribution in [0.4, 0.5) is 16.5 Å². The van der Waals surface area contributed by atoms with Crippen molar-refractivity contribution in [2.24, 2.45) is 0 Å². The second-order valence-corrected chi connectivity index (χ2v) is 10.4. The topological polar surface area (TPSA) is 229 Å². The fraction of sp³-hybridized carbons (Fsp3) is 0.185. The van der Waals surface area contributed by atoms with E-state index in [2.05, 4.69) is 30.8 Å². The van der Waals surface area contributed by atoms with E-state index in [0.717, 1.165) is 27.6 Å². The molecule has 3 aromatic heterocycles. The molecule has 3 heterocycles. The molecule has 0 atom stereocenters. The predicted molar refractivity (Wildman–Crippen MR) is 172 cm³/mol. The number of rotatable bonds is 6. The number of non-ortho nitro benzene ring substituents is 2.